The standard InChI is InChI=1S/C23H29N3O7S/c1-4-33-18-5-7-19-20(15-18)25(10-9-24-11-13-32-14-12-24)23(27)26(19)34(28,29)22-8-6-17(30-2)16-21(22)31-3/h5-8,15-16H,4,9-14H2,1-3H3. The molecule has 4 rings (SSSR count). The number of aromatic nitrogens is 2. The van der Waals surface area contributed by atoms with Crippen LogP contribution < -0.4 is 19.9 Å². The molecule has 1 aliphatic rings. The van der Waals surface area contributed by atoms with Gasteiger partial charge in [0.1, 0.15) is 22.1 Å². The summed E-state index contributed by atoms with van der Waals surface area (Å²) in [5, 5.41) is 0. The highest BCUT2D eigenvalue weighted by Gasteiger charge is 2.29. The highest BCUT2D eigenvalue weighted by molar-refractivity contribution is 7.90. The second kappa shape index (κ2) is 10.1. The van der Waals surface area contributed by atoms with Crippen molar-refractivity contribution in [3.63, 3.8) is 0 Å². The van der Waals surface area contributed by atoms with Crippen molar-refractivity contribution in [2.75, 3.05) is 53.7 Å². The number of fused-ring (bicyclic) bond motifs is 1. The van der Waals surface area contributed by atoms with Gasteiger partial charge < -0.3 is 18.9 Å². The second-order valence-corrected chi connectivity index (χ2v) is 9.51. The molecule has 10 nitrogen and oxygen atoms in total. The summed E-state index contributed by atoms with van der Waals surface area (Å²) in [6, 6.07) is 9.34. The minimum absolute atomic E-state index is 0.0893. The monoisotopic (exact) mass is 491 g/mol. The topological polar surface area (TPSA) is 101 Å². The van der Waals surface area contributed by atoms with Gasteiger partial charge in [0.15, 0.2) is 0 Å². The smallest absolute Gasteiger partial charge is 0.343 e. The van der Waals surface area contributed by atoms with Gasteiger partial charge in [-0.05, 0) is 31.2 Å². The molecular formula is C23H29N3O7S. The zero-order valence-electron chi connectivity index (χ0n) is 19.5. The van der Waals surface area contributed by atoms with Gasteiger partial charge in [-0.3, -0.25) is 9.47 Å². The van der Waals surface area contributed by atoms with E-state index in [1.54, 1.807) is 18.2 Å². The van der Waals surface area contributed by atoms with Crippen LogP contribution in [0.4, 0.5) is 0 Å². The second-order valence-electron chi connectivity index (χ2n) is 7.76. The van der Waals surface area contributed by atoms with E-state index in [9.17, 15) is 13.2 Å². The van der Waals surface area contributed by atoms with Crippen molar-refractivity contribution in [2.24, 2.45) is 0 Å². The van der Waals surface area contributed by atoms with Gasteiger partial charge in [-0.1, -0.05) is 0 Å². The first-order valence-electron chi connectivity index (χ1n) is 11.1. The van der Waals surface area contributed by atoms with Gasteiger partial charge in [0, 0.05) is 38.3 Å². The molecule has 184 valence electrons. The van der Waals surface area contributed by atoms with E-state index < -0.39 is 15.7 Å². The van der Waals surface area contributed by atoms with E-state index in [1.807, 2.05) is 6.92 Å². The number of imidazole rings is 1. The molecular weight excluding hydrogens is 462 g/mol. The van der Waals surface area contributed by atoms with Crippen molar-refractivity contribution >= 4 is 21.1 Å². The minimum atomic E-state index is -4.28. The van der Waals surface area contributed by atoms with Crippen LogP contribution in [0.1, 0.15) is 6.92 Å². The lowest BCUT2D eigenvalue weighted by Crippen LogP contribution is -2.39. The molecule has 2 heterocycles. The molecule has 0 saturated carbocycles. The van der Waals surface area contributed by atoms with Gasteiger partial charge in [-0.25, -0.2) is 13.2 Å². The Morgan fingerprint density at radius 3 is 2.35 bits per heavy atom. The molecule has 0 spiro atoms. The molecule has 0 aliphatic carbocycles. The summed E-state index contributed by atoms with van der Waals surface area (Å²) in [5.74, 6) is 1.09. The Balaban J connectivity index is 1.85. The Morgan fingerprint density at radius 2 is 1.68 bits per heavy atom. The van der Waals surface area contributed by atoms with Crippen LogP contribution in [0.5, 0.6) is 17.2 Å². The normalized spacial score (nSPS) is 14.9. The maximum atomic E-state index is 13.7. The quantitative estimate of drug-likeness (QED) is 0.447. The van der Waals surface area contributed by atoms with E-state index in [0.717, 1.165) is 17.1 Å². The summed E-state index contributed by atoms with van der Waals surface area (Å²) in [4.78, 5) is 15.6. The van der Waals surface area contributed by atoms with Crippen molar-refractivity contribution in [3.8, 4) is 17.2 Å². The van der Waals surface area contributed by atoms with Crippen molar-refractivity contribution in [1.82, 2.24) is 13.4 Å². The van der Waals surface area contributed by atoms with Crippen molar-refractivity contribution in [2.45, 2.75) is 18.4 Å². The lowest BCUT2D eigenvalue weighted by molar-refractivity contribution is 0.0364. The van der Waals surface area contributed by atoms with Gasteiger partial charge in [-0.15, -0.1) is 0 Å². The van der Waals surface area contributed by atoms with Crippen LogP contribution in [-0.4, -0.2) is 75.5 Å². The molecule has 34 heavy (non-hydrogen) atoms. The molecule has 11 heteroatoms. The molecule has 0 amide bonds. The molecule has 0 bridgehead atoms. The van der Waals surface area contributed by atoms with E-state index in [-0.39, 0.29) is 16.2 Å². The summed E-state index contributed by atoms with van der Waals surface area (Å²) < 4.78 is 51.3. The summed E-state index contributed by atoms with van der Waals surface area (Å²) in [7, 11) is -1.43. The molecule has 0 unspecified atom stereocenters. The van der Waals surface area contributed by atoms with E-state index in [1.165, 1.54) is 37.0 Å². The van der Waals surface area contributed by atoms with Crippen LogP contribution in [0.3, 0.4) is 0 Å². The van der Waals surface area contributed by atoms with Crippen LogP contribution in [0.15, 0.2) is 46.1 Å². The number of methoxy groups -OCH3 is 2. The van der Waals surface area contributed by atoms with E-state index in [2.05, 4.69) is 4.90 Å². The number of hydrogen-bond donors (Lipinski definition) is 0. The molecule has 1 aliphatic heterocycles. The Morgan fingerprint density at radius 1 is 0.941 bits per heavy atom. The third kappa shape index (κ3) is 4.50. The fourth-order valence-corrected chi connectivity index (χ4v) is 5.61. The molecule has 1 saturated heterocycles. The Bertz CT molecular complexity index is 1320. The number of benzene rings is 2. The number of morpholine rings is 1. The van der Waals surface area contributed by atoms with Crippen molar-refractivity contribution in [3.05, 3.63) is 46.9 Å². The van der Waals surface area contributed by atoms with Crippen LogP contribution in [0, 0.1) is 0 Å². The predicted octanol–water partition coefficient (Wildman–Crippen LogP) is 1.79. The van der Waals surface area contributed by atoms with E-state index >= 15 is 0 Å². The summed E-state index contributed by atoms with van der Waals surface area (Å²) >= 11 is 0. The van der Waals surface area contributed by atoms with Gasteiger partial charge >= 0.3 is 5.69 Å². The Kier molecular flexibility index (Phi) is 7.15. The van der Waals surface area contributed by atoms with Crippen LogP contribution >= 0.6 is 0 Å². The fourth-order valence-electron chi connectivity index (χ4n) is 4.06. The highest BCUT2D eigenvalue weighted by atomic mass is 32.2. The van der Waals surface area contributed by atoms with Crippen molar-refractivity contribution in [1.29, 1.82) is 0 Å². The maximum absolute atomic E-state index is 13.7. The molecule has 0 atom stereocenters. The van der Waals surface area contributed by atoms with Gasteiger partial charge in [0.2, 0.25) is 0 Å². The number of hydrogen-bond acceptors (Lipinski definition) is 8. The molecule has 2 aromatic carbocycles. The zero-order valence-corrected chi connectivity index (χ0v) is 20.3. The molecule has 0 radical (unpaired) electrons. The summed E-state index contributed by atoms with van der Waals surface area (Å²) in [6.07, 6.45) is 0. The predicted molar refractivity (Wildman–Crippen MR) is 127 cm³/mol. The first-order chi connectivity index (χ1) is 16.4. The zero-order chi connectivity index (χ0) is 24.3. The number of nitrogens with zero attached hydrogens (tertiary/aromatic N) is 3. The first-order valence-corrected chi connectivity index (χ1v) is 12.5. The molecule has 0 N–H and O–H groups in total. The highest BCUT2D eigenvalue weighted by Crippen LogP contribution is 2.31. The average Bonchev–Trinajstić information content (AvgIpc) is 3.14. The van der Waals surface area contributed by atoms with E-state index in [0.29, 0.717) is 49.9 Å². The molecule has 3 aromatic rings. The average molecular weight is 492 g/mol. The van der Waals surface area contributed by atoms with Crippen LogP contribution in [-0.2, 0) is 21.3 Å². The van der Waals surface area contributed by atoms with E-state index in [4.69, 9.17) is 18.9 Å². The van der Waals surface area contributed by atoms with Gasteiger partial charge in [-0.2, -0.15) is 3.97 Å². The minimum Gasteiger partial charge on any atom is -0.497 e. The van der Waals surface area contributed by atoms with Gasteiger partial charge in [0.05, 0.1) is 45.1 Å². The summed E-state index contributed by atoms with van der Waals surface area (Å²) in [6.45, 7) is 6.03. The Hall–Kier alpha value is -3.02. The third-order valence-electron chi connectivity index (χ3n) is 5.80. The van der Waals surface area contributed by atoms with Crippen LogP contribution in [0.25, 0.3) is 11.0 Å². The number of ether oxygens (including phenoxy) is 4. The lowest BCUT2D eigenvalue weighted by atomic mass is 10.3. The SMILES string of the molecule is CCOc1ccc2c(c1)n(CCN1CCOCC1)c(=O)n2S(=O)(=O)c1ccc(OC)cc1OC. The third-order valence-corrected chi connectivity index (χ3v) is 7.53. The lowest BCUT2D eigenvalue weighted by Gasteiger charge is -2.26. The van der Waals surface area contributed by atoms with Crippen molar-refractivity contribution < 1.29 is 27.4 Å². The number of rotatable bonds is 9. The maximum Gasteiger partial charge on any atom is 0.343 e. The first kappa shape index (κ1) is 24.1. The summed E-state index contributed by atoms with van der Waals surface area (Å²) in [5.41, 5.74) is 0.114. The van der Waals surface area contributed by atoms with Crippen LogP contribution in [0.2, 0.25) is 0 Å². The van der Waals surface area contributed by atoms with Gasteiger partial charge in [0.25, 0.3) is 10.0 Å². The Labute approximate surface area is 198 Å². The fraction of sp³-hybridized carbons (Fsp3) is 0.435. The largest absolute Gasteiger partial charge is 0.497 e. The molecule has 1 aromatic heterocycles. The molecule has 1 fully saturated rings.